The topological polar surface area (TPSA) is 92.0 Å². The second-order valence-electron chi connectivity index (χ2n) is 6.05. The highest BCUT2D eigenvalue weighted by Gasteiger charge is 2.32. The molecule has 1 amide bonds. The average Bonchev–Trinajstić information content (AvgIpc) is 2.77. The summed E-state index contributed by atoms with van der Waals surface area (Å²) in [5.74, 6) is -1.10. The van der Waals surface area contributed by atoms with Gasteiger partial charge in [-0.25, -0.2) is 0 Å². The third-order valence-corrected chi connectivity index (χ3v) is 4.59. The number of fused-ring (bicyclic) bond motifs is 1. The summed E-state index contributed by atoms with van der Waals surface area (Å²) >= 11 is 0. The number of carbonyl (C=O) groups is 2. The van der Waals surface area contributed by atoms with Crippen molar-refractivity contribution in [1.29, 1.82) is 0 Å². The summed E-state index contributed by atoms with van der Waals surface area (Å²) in [6.45, 7) is 2.80. The Morgan fingerprint density at radius 3 is 2.83 bits per heavy atom. The van der Waals surface area contributed by atoms with Crippen LogP contribution in [0.2, 0.25) is 0 Å². The van der Waals surface area contributed by atoms with E-state index in [-0.39, 0.29) is 24.7 Å². The number of benzene rings is 1. The van der Waals surface area contributed by atoms with E-state index in [1.54, 1.807) is 23.1 Å². The van der Waals surface area contributed by atoms with Crippen LogP contribution >= 0.6 is 0 Å². The van der Waals surface area contributed by atoms with Crippen molar-refractivity contribution < 1.29 is 24.5 Å². The van der Waals surface area contributed by atoms with Gasteiger partial charge in [0, 0.05) is 30.2 Å². The van der Waals surface area contributed by atoms with Crippen molar-refractivity contribution >= 4 is 22.8 Å². The molecule has 0 spiro atoms. The lowest BCUT2D eigenvalue weighted by Crippen LogP contribution is -2.49. The molecule has 1 saturated heterocycles. The molecular weight excluding hydrogens is 312 g/mol. The molecule has 0 bridgehead atoms. The van der Waals surface area contributed by atoms with Crippen molar-refractivity contribution in [3.63, 3.8) is 0 Å². The Hall–Kier alpha value is -2.54. The Labute approximate surface area is 139 Å². The Kier molecular flexibility index (Phi) is 4.19. The van der Waals surface area contributed by atoms with Gasteiger partial charge in [-0.2, -0.15) is 0 Å². The van der Waals surface area contributed by atoms with E-state index < -0.39 is 12.0 Å². The van der Waals surface area contributed by atoms with Crippen LogP contribution in [-0.2, 0) is 16.6 Å². The smallest absolute Gasteiger partial charge is 0.305 e. The van der Waals surface area contributed by atoms with E-state index in [1.165, 1.54) is 0 Å². The van der Waals surface area contributed by atoms with E-state index >= 15 is 0 Å². The number of nitrogens with zero attached hydrogens (tertiary/aromatic N) is 2. The number of ether oxygens (including phenoxy) is 1. The molecule has 1 aromatic heterocycles. The Balaban J connectivity index is 2.05. The number of carboxylic acid groups (broad SMARTS) is 1. The molecule has 3 rings (SSSR count). The minimum atomic E-state index is -0.962. The number of carbonyl (C=O) groups excluding carboxylic acids is 1. The SMILES string of the molecule is Cc1c(C(=O)N2CCOCC2CC(=O)O)c2cc(O)ccc2n1C. The molecule has 0 saturated carbocycles. The van der Waals surface area contributed by atoms with E-state index in [0.29, 0.717) is 24.1 Å². The molecule has 7 heteroatoms. The maximum atomic E-state index is 13.1. The van der Waals surface area contributed by atoms with Crippen LogP contribution in [0.1, 0.15) is 22.5 Å². The zero-order valence-corrected chi connectivity index (χ0v) is 13.7. The van der Waals surface area contributed by atoms with Crippen LogP contribution in [0.15, 0.2) is 18.2 Å². The molecule has 1 fully saturated rings. The molecule has 2 N–H and O–H groups in total. The largest absolute Gasteiger partial charge is 0.508 e. The van der Waals surface area contributed by atoms with Crippen LogP contribution in [0.4, 0.5) is 0 Å². The van der Waals surface area contributed by atoms with Crippen LogP contribution in [-0.4, -0.2) is 57.4 Å². The number of aliphatic carboxylic acids is 1. The lowest BCUT2D eigenvalue weighted by Gasteiger charge is -2.35. The van der Waals surface area contributed by atoms with E-state index in [0.717, 1.165) is 11.2 Å². The number of amides is 1. The number of rotatable bonds is 3. The number of carboxylic acids is 1. The molecule has 1 atom stereocenters. The average molecular weight is 332 g/mol. The van der Waals surface area contributed by atoms with Crippen LogP contribution in [0, 0.1) is 6.92 Å². The molecular formula is C17H20N2O5. The third-order valence-electron chi connectivity index (χ3n) is 4.59. The number of aromatic nitrogens is 1. The predicted molar refractivity (Wildman–Crippen MR) is 87.2 cm³/mol. The number of phenols is 1. The fourth-order valence-electron chi connectivity index (χ4n) is 3.27. The highest BCUT2D eigenvalue weighted by molar-refractivity contribution is 6.09. The first-order valence-electron chi connectivity index (χ1n) is 7.78. The molecule has 0 radical (unpaired) electrons. The summed E-state index contributed by atoms with van der Waals surface area (Å²) in [5.41, 5.74) is 2.12. The highest BCUT2D eigenvalue weighted by atomic mass is 16.5. The van der Waals surface area contributed by atoms with Crippen molar-refractivity contribution in [1.82, 2.24) is 9.47 Å². The first-order chi connectivity index (χ1) is 11.4. The number of phenolic OH excluding ortho intramolecular Hbond substituents is 1. The van der Waals surface area contributed by atoms with E-state index in [9.17, 15) is 14.7 Å². The Bertz CT molecular complexity index is 811. The zero-order valence-electron chi connectivity index (χ0n) is 13.7. The van der Waals surface area contributed by atoms with Crippen LogP contribution in [0.5, 0.6) is 5.75 Å². The number of hydrogen-bond donors (Lipinski definition) is 2. The van der Waals surface area contributed by atoms with Gasteiger partial charge in [0.05, 0.1) is 31.2 Å². The molecule has 2 heterocycles. The predicted octanol–water partition coefficient (Wildman–Crippen LogP) is 1.51. The fourth-order valence-corrected chi connectivity index (χ4v) is 3.27. The van der Waals surface area contributed by atoms with Gasteiger partial charge in [-0.15, -0.1) is 0 Å². The van der Waals surface area contributed by atoms with Gasteiger partial charge in [0.2, 0.25) is 0 Å². The molecule has 0 aliphatic carbocycles. The second kappa shape index (κ2) is 6.16. The lowest BCUT2D eigenvalue weighted by atomic mass is 10.1. The Morgan fingerprint density at radius 2 is 2.12 bits per heavy atom. The summed E-state index contributed by atoms with van der Waals surface area (Å²) in [5, 5.41) is 19.5. The van der Waals surface area contributed by atoms with Crippen LogP contribution in [0.25, 0.3) is 10.9 Å². The number of aryl methyl sites for hydroxylation is 1. The second-order valence-corrected chi connectivity index (χ2v) is 6.05. The maximum absolute atomic E-state index is 13.1. The van der Waals surface area contributed by atoms with Crippen molar-refractivity contribution in [2.75, 3.05) is 19.8 Å². The summed E-state index contributed by atoms with van der Waals surface area (Å²) in [6.07, 6.45) is -0.152. The quantitative estimate of drug-likeness (QED) is 0.889. The zero-order chi connectivity index (χ0) is 17.4. The molecule has 7 nitrogen and oxygen atoms in total. The minimum Gasteiger partial charge on any atom is -0.508 e. The molecule has 128 valence electrons. The van der Waals surface area contributed by atoms with Gasteiger partial charge in [0.15, 0.2) is 0 Å². The molecule has 1 aliphatic heterocycles. The normalized spacial score (nSPS) is 18.1. The molecule has 1 aromatic carbocycles. The summed E-state index contributed by atoms with van der Waals surface area (Å²) in [4.78, 5) is 25.8. The molecule has 24 heavy (non-hydrogen) atoms. The van der Waals surface area contributed by atoms with E-state index in [1.807, 2.05) is 18.5 Å². The maximum Gasteiger partial charge on any atom is 0.305 e. The van der Waals surface area contributed by atoms with Gasteiger partial charge in [-0.05, 0) is 25.1 Å². The van der Waals surface area contributed by atoms with Gasteiger partial charge in [0.25, 0.3) is 5.91 Å². The van der Waals surface area contributed by atoms with Gasteiger partial charge < -0.3 is 24.4 Å². The summed E-state index contributed by atoms with van der Waals surface area (Å²) in [6, 6.07) is 4.43. The number of morpholine rings is 1. The molecule has 1 aliphatic rings. The molecule has 2 aromatic rings. The van der Waals surface area contributed by atoms with Crippen LogP contribution in [0.3, 0.4) is 0 Å². The lowest BCUT2D eigenvalue weighted by molar-refractivity contribution is -0.139. The molecule has 1 unspecified atom stereocenters. The first-order valence-corrected chi connectivity index (χ1v) is 7.78. The standard InChI is InChI=1S/C17H20N2O5/c1-10-16(13-8-12(20)3-4-14(13)18(10)2)17(23)19-5-6-24-9-11(19)7-15(21)22/h3-4,8,11,20H,5-7,9H2,1-2H3,(H,21,22). The van der Waals surface area contributed by atoms with Gasteiger partial charge in [-0.1, -0.05) is 0 Å². The van der Waals surface area contributed by atoms with Crippen molar-refractivity contribution in [3.8, 4) is 5.75 Å². The number of hydrogen-bond acceptors (Lipinski definition) is 4. The van der Waals surface area contributed by atoms with Crippen molar-refractivity contribution in [2.45, 2.75) is 19.4 Å². The minimum absolute atomic E-state index is 0.0891. The van der Waals surface area contributed by atoms with Gasteiger partial charge in [0.1, 0.15) is 5.75 Å². The van der Waals surface area contributed by atoms with Crippen molar-refractivity contribution in [3.05, 3.63) is 29.5 Å². The van der Waals surface area contributed by atoms with E-state index in [4.69, 9.17) is 9.84 Å². The third kappa shape index (κ3) is 2.71. The van der Waals surface area contributed by atoms with Gasteiger partial charge >= 0.3 is 5.97 Å². The highest BCUT2D eigenvalue weighted by Crippen LogP contribution is 2.30. The summed E-state index contributed by atoms with van der Waals surface area (Å²) in [7, 11) is 1.86. The van der Waals surface area contributed by atoms with Crippen LogP contribution < -0.4 is 0 Å². The van der Waals surface area contributed by atoms with Gasteiger partial charge in [-0.3, -0.25) is 9.59 Å². The first kappa shape index (κ1) is 16.3. The number of aromatic hydroxyl groups is 1. The van der Waals surface area contributed by atoms with Crippen molar-refractivity contribution in [2.24, 2.45) is 7.05 Å². The Morgan fingerprint density at radius 1 is 1.38 bits per heavy atom. The fraction of sp³-hybridized carbons (Fsp3) is 0.412. The van der Waals surface area contributed by atoms with E-state index in [2.05, 4.69) is 0 Å². The monoisotopic (exact) mass is 332 g/mol. The summed E-state index contributed by atoms with van der Waals surface area (Å²) < 4.78 is 7.24.